The summed E-state index contributed by atoms with van der Waals surface area (Å²) in [5.74, 6) is 2.37. The van der Waals surface area contributed by atoms with Gasteiger partial charge in [-0.3, -0.25) is 10.1 Å². The Morgan fingerprint density at radius 1 is 1.25 bits per heavy atom. The average molecular weight is 301 g/mol. The second-order valence-corrected chi connectivity index (χ2v) is 7.35. The van der Waals surface area contributed by atoms with E-state index >= 15 is 0 Å². The van der Waals surface area contributed by atoms with E-state index in [1.807, 2.05) is 11.8 Å². The number of rotatable bonds is 8. The highest BCUT2D eigenvalue weighted by Gasteiger charge is 2.43. The van der Waals surface area contributed by atoms with Crippen molar-refractivity contribution in [1.82, 2.24) is 10.2 Å². The summed E-state index contributed by atoms with van der Waals surface area (Å²) in [6.07, 6.45) is 5.48. The van der Waals surface area contributed by atoms with Crippen molar-refractivity contribution >= 4 is 17.7 Å². The lowest BCUT2D eigenvalue weighted by Gasteiger charge is -2.32. The Bertz CT molecular complexity index is 309. The Kier molecular flexibility index (Phi) is 7.38. The Morgan fingerprint density at radius 2 is 1.90 bits per heavy atom. The summed E-state index contributed by atoms with van der Waals surface area (Å²) in [6.45, 7) is 11.0. The minimum absolute atomic E-state index is 0.0136. The van der Waals surface area contributed by atoms with Crippen LogP contribution in [0.2, 0.25) is 0 Å². The largest absolute Gasteiger partial charge is 0.322 e. The summed E-state index contributed by atoms with van der Waals surface area (Å²) in [6, 6.07) is 0.377. The van der Waals surface area contributed by atoms with Crippen LogP contribution < -0.4 is 5.32 Å². The summed E-state index contributed by atoms with van der Waals surface area (Å²) in [5.41, 5.74) is 0. The SMILES string of the molecule is CCC(C)C1NC(CC(C)C)N(C(CC)CSC)C1=O. The molecule has 0 aromatic carbocycles. The van der Waals surface area contributed by atoms with Crippen molar-refractivity contribution in [3.05, 3.63) is 0 Å². The second kappa shape index (κ2) is 8.28. The van der Waals surface area contributed by atoms with Crippen LogP contribution in [0.1, 0.15) is 53.9 Å². The molecule has 0 aromatic heterocycles. The molecule has 0 bridgehead atoms. The molecule has 1 N–H and O–H groups in total. The number of nitrogens with zero attached hydrogens (tertiary/aromatic N) is 1. The molecule has 4 unspecified atom stereocenters. The molecule has 118 valence electrons. The van der Waals surface area contributed by atoms with E-state index in [1.165, 1.54) is 0 Å². The Labute approximate surface area is 129 Å². The monoisotopic (exact) mass is 300 g/mol. The Balaban J connectivity index is 2.91. The van der Waals surface area contributed by atoms with Gasteiger partial charge >= 0.3 is 0 Å². The maximum absolute atomic E-state index is 12.8. The maximum Gasteiger partial charge on any atom is 0.241 e. The molecule has 1 saturated heterocycles. The predicted molar refractivity (Wildman–Crippen MR) is 88.9 cm³/mol. The summed E-state index contributed by atoms with van der Waals surface area (Å²) in [7, 11) is 0. The number of hydrogen-bond acceptors (Lipinski definition) is 3. The van der Waals surface area contributed by atoms with Crippen molar-refractivity contribution in [2.45, 2.75) is 72.1 Å². The van der Waals surface area contributed by atoms with Crippen LogP contribution in [0.3, 0.4) is 0 Å². The van der Waals surface area contributed by atoms with Gasteiger partial charge in [-0.2, -0.15) is 11.8 Å². The molecular formula is C16H32N2OS. The predicted octanol–water partition coefficient (Wildman–Crippen LogP) is 3.35. The van der Waals surface area contributed by atoms with Gasteiger partial charge in [0, 0.05) is 11.8 Å². The molecule has 1 aliphatic heterocycles. The van der Waals surface area contributed by atoms with Crippen molar-refractivity contribution in [1.29, 1.82) is 0 Å². The molecular weight excluding hydrogens is 268 g/mol. The van der Waals surface area contributed by atoms with Crippen LogP contribution in [0.4, 0.5) is 0 Å². The molecule has 1 rings (SSSR count). The smallest absolute Gasteiger partial charge is 0.241 e. The Hall–Kier alpha value is -0.220. The van der Waals surface area contributed by atoms with Crippen LogP contribution in [0.25, 0.3) is 0 Å². The van der Waals surface area contributed by atoms with Crippen molar-refractivity contribution < 1.29 is 4.79 Å². The number of nitrogens with one attached hydrogen (secondary N) is 1. The van der Waals surface area contributed by atoms with Crippen LogP contribution >= 0.6 is 11.8 Å². The summed E-state index contributed by atoms with van der Waals surface area (Å²) in [4.78, 5) is 15.0. The van der Waals surface area contributed by atoms with Gasteiger partial charge in [0.25, 0.3) is 0 Å². The highest BCUT2D eigenvalue weighted by atomic mass is 32.2. The normalized spacial score (nSPS) is 26.4. The fraction of sp³-hybridized carbons (Fsp3) is 0.938. The quantitative estimate of drug-likeness (QED) is 0.746. The van der Waals surface area contributed by atoms with Gasteiger partial charge in [0.2, 0.25) is 5.91 Å². The van der Waals surface area contributed by atoms with Crippen LogP contribution in [0.5, 0.6) is 0 Å². The fourth-order valence-corrected chi connectivity index (χ4v) is 3.75. The molecule has 1 fully saturated rings. The molecule has 0 saturated carbocycles. The topological polar surface area (TPSA) is 32.3 Å². The molecule has 0 aromatic rings. The van der Waals surface area contributed by atoms with Gasteiger partial charge in [-0.1, -0.05) is 41.0 Å². The number of thioether (sulfide) groups is 1. The highest BCUT2D eigenvalue weighted by molar-refractivity contribution is 7.98. The van der Waals surface area contributed by atoms with Crippen molar-refractivity contribution in [3.63, 3.8) is 0 Å². The molecule has 4 heteroatoms. The summed E-state index contributed by atoms with van der Waals surface area (Å²) >= 11 is 1.84. The zero-order chi connectivity index (χ0) is 15.3. The summed E-state index contributed by atoms with van der Waals surface area (Å²) < 4.78 is 0. The van der Waals surface area contributed by atoms with Crippen LogP contribution in [0, 0.1) is 11.8 Å². The van der Waals surface area contributed by atoms with Gasteiger partial charge in [0.05, 0.1) is 12.2 Å². The first-order chi connectivity index (χ1) is 9.46. The molecule has 4 atom stereocenters. The minimum atomic E-state index is 0.0136. The van der Waals surface area contributed by atoms with Gasteiger partial charge in [0.1, 0.15) is 0 Å². The second-order valence-electron chi connectivity index (χ2n) is 6.44. The fourth-order valence-electron chi connectivity index (χ4n) is 2.97. The van der Waals surface area contributed by atoms with Gasteiger partial charge in [-0.15, -0.1) is 0 Å². The van der Waals surface area contributed by atoms with Crippen LogP contribution in [-0.4, -0.2) is 41.1 Å². The lowest BCUT2D eigenvalue weighted by molar-refractivity contribution is -0.132. The minimum Gasteiger partial charge on any atom is -0.322 e. The lowest BCUT2D eigenvalue weighted by Crippen LogP contribution is -2.46. The molecule has 1 aliphatic rings. The van der Waals surface area contributed by atoms with E-state index in [1.54, 1.807) is 0 Å². The number of amides is 1. The Morgan fingerprint density at radius 3 is 2.35 bits per heavy atom. The van der Waals surface area contributed by atoms with E-state index in [0.29, 0.717) is 23.8 Å². The van der Waals surface area contributed by atoms with Gasteiger partial charge in [-0.25, -0.2) is 0 Å². The third-order valence-electron chi connectivity index (χ3n) is 4.36. The number of carbonyl (C=O) groups is 1. The van der Waals surface area contributed by atoms with E-state index in [2.05, 4.69) is 51.1 Å². The van der Waals surface area contributed by atoms with E-state index < -0.39 is 0 Å². The summed E-state index contributed by atoms with van der Waals surface area (Å²) in [5, 5.41) is 3.61. The maximum atomic E-state index is 12.8. The third-order valence-corrected chi connectivity index (χ3v) is 5.08. The van der Waals surface area contributed by atoms with Crippen LogP contribution in [-0.2, 0) is 4.79 Å². The molecule has 20 heavy (non-hydrogen) atoms. The average Bonchev–Trinajstić information content (AvgIpc) is 2.71. The van der Waals surface area contributed by atoms with Gasteiger partial charge in [-0.05, 0) is 30.9 Å². The number of hydrogen-bond donors (Lipinski definition) is 1. The van der Waals surface area contributed by atoms with Gasteiger partial charge < -0.3 is 4.90 Å². The van der Waals surface area contributed by atoms with Crippen molar-refractivity contribution in [2.75, 3.05) is 12.0 Å². The van der Waals surface area contributed by atoms with E-state index in [0.717, 1.165) is 25.0 Å². The highest BCUT2D eigenvalue weighted by Crippen LogP contribution is 2.27. The first-order valence-electron chi connectivity index (χ1n) is 8.03. The standard InChI is InChI=1S/C16H32N2OS/c1-7-12(5)15-16(19)18(13(8-2)10-20-6)14(17-15)9-11(3)4/h11-15,17H,7-10H2,1-6H3. The van der Waals surface area contributed by atoms with Gasteiger partial charge in [0.15, 0.2) is 0 Å². The zero-order valence-corrected chi connectivity index (χ0v) is 14.8. The van der Waals surface area contributed by atoms with E-state index in [9.17, 15) is 4.79 Å². The first kappa shape index (κ1) is 17.8. The molecule has 1 amide bonds. The first-order valence-corrected chi connectivity index (χ1v) is 9.42. The molecule has 0 spiro atoms. The lowest BCUT2D eigenvalue weighted by atomic mass is 9.99. The molecule has 0 aliphatic carbocycles. The van der Waals surface area contributed by atoms with Crippen molar-refractivity contribution in [2.24, 2.45) is 11.8 Å². The van der Waals surface area contributed by atoms with E-state index in [-0.39, 0.29) is 12.2 Å². The third kappa shape index (κ3) is 4.14. The van der Waals surface area contributed by atoms with Crippen LogP contribution in [0.15, 0.2) is 0 Å². The van der Waals surface area contributed by atoms with E-state index in [4.69, 9.17) is 0 Å². The molecule has 3 nitrogen and oxygen atoms in total. The molecule has 1 heterocycles. The molecule has 0 radical (unpaired) electrons. The number of carbonyl (C=O) groups excluding carboxylic acids is 1. The van der Waals surface area contributed by atoms with Crippen molar-refractivity contribution in [3.8, 4) is 0 Å². The zero-order valence-electron chi connectivity index (χ0n) is 14.0.